The van der Waals surface area contributed by atoms with Gasteiger partial charge in [-0.1, -0.05) is 0 Å². The molecule has 0 aliphatic heterocycles. The molecule has 0 radical (unpaired) electrons. The number of amides is 1. The highest BCUT2D eigenvalue weighted by Gasteiger charge is 2.26. The lowest BCUT2D eigenvalue weighted by Gasteiger charge is -2.24. The van der Waals surface area contributed by atoms with Gasteiger partial charge in [0.05, 0.1) is 19.9 Å². The number of quaternary nitrogens is 1. The molecule has 150 valence electrons. The minimum atomic E-state index is -0.499. The molecule has 1 aliphatic rings. The smallest absolute Gasteiger partial charge is 0.304 e. The Kier molecular flexibility index (Phi) is 7.13. The largest absolute Gasteiger partial charge is 0.494 e. The van der Waals surface area contributed by atoms with Crippen LogP contribution in [0.1, 0.15) is 16.8 Å². The Morgan fingerprint density at radius 3 is 2.32 bits per heavy atom. The highest BCUT2D eigenvalue weighted by atomic mass is 16.5. The molecule has 1 aromatic carbocycles. The Labute approximate surface area is 162 Å². The molecule has 0 spiro atoms. The number of methoxy groups -OCH3 is 3. The molecule has 0 saturated heterocycles. The fraction of sp³-hybridized carbons (Fsp3) is 0.278. The summed E-state index contributed by atoms with van der Waals surface area (Å²) in [5.41, 5.74) is 18.8. The standard InChI is InChI=1S/C18H24N6O4/c1-26-13-8-12(9-14(27-2)15(13)28-3)23-18(21)24-17(20)22-11-6-4-10(5-7-11)16(19)25/h4-8,14H,9H2,1-3H3,(H2,19,25)(H5,20,21,22,23,24)/p+1. The van der Waals surface area contributed by atoms with Crippen molar-refractivity contribution in [1.29, 1.82) is 0 Å². The van der Waals surface area contributed by atoms with Crippen molar-refractivity contribution >= 4 is 23.5 Å². The second-order valence-electron chi connectivity index (χ2n) is 5.84. The Morgan fingerprint density at radius 1 is 1.11 bits per heavy atom. The maximum Gasteiger partial charge on any atom is 0.304 e. The lowest BCUT2D eigenvalue weighted by atomic mass is 10.1. The first kappa shape index (κ1) is 20.9. The summed E-state index contributed by atoms with van der Waals surface area (Å²) in [4.78, 5) is 19.4. The van der Waals surface area contributed by atoms with Gasteiger partial charge >= 0.3 is 5.96 Å². The fourth-order valence-corrected chi connectivity index (χ4v) is 2.63. The summed E-state index contributed by atoms with van der Waals surface area (Å²) in [6.45, 7) is 0. The third-order valence-corrected chi connectivity index (χ3v) is 3.96. The van der Waals surface area contributed by atoms with Gasteiger partial charge in [0.1, 0.15) is 11.8 Å². The number of nitrogens with two attached hydrogens (primary N) is 4. The number of hydrogen-bond donors (Lipinski definition) is 4. The Bertz CT molecular complexity index is 842. The summed E-state index contributed by atoms with van der Waals surface area (Å²) in [7, 11) is 4.65. The molecule has 10 nitrogen and oxygen atoms in total. The number of allylic oxidation sites excluding steroid dienone is 1. The van der Waals surface area contributed by atoms with Crippen molar-refractivity contribution in [3.63, 3.8) is 0 Å². The molecule has 8 N–H and O–H groups in total. The summed E-state index contributed by atoms with van der Waals surface area (Å²) in [5, 5.41) is 1.60. The monoisotopic (exact) mass is 389 g/mol. The van der Waals surface area contributed by atoms with Crippen LogP contribution in [0.3, 0.4) is 0 Å². The maximum atomic E-state index is 11.1. The number of guanidine groups is 2. The average molecular weight is 389 g/mol. The number of benzene rings is 1. The zero-order valence-corrected chi connectivity index (χ0v) is 16.0. The minimum Gasteiger partial charge on any atom is -0.494 e. The molecule has 10 heteroatoms. The molecule has 1 atom stereocenters. The summed E-state index contributed by atoms with van der Waals surface area (Å²) >= 11 is 0. The van der Waals surface area contributed by atoms with Gasteiger partial charge in [0, 0.05) is 37.3 Å². The van der Waals surface area contributed by atoms with E-state index in [1.54, 1.807) is 49.9 Å². The molecule has 1 amide bonds. The lowest BCUT2D eigenvalue weighted by Crippen LogP contribution is -2.85. The Hall–Kier alpha value is -3.37. The van der Waals surface area contributed by atoms with Crippen LogP contribution < -0.4 is 22.5 Å². The van der Waals surface area contributed by atoms with Gasteiger partial charge in [0.25, 0.3) is 0 Å². The lowest BCUT2D eigenvalue weighted by molar-refractivity contribution is -0.445. The van der Waals surface area contributed by atoms with Crippen LogP contribution in [0, 0.1) is 0 Å². The van der Waals surface area contributed by atoms with Crippen LogP contribution >= 0.6 is 0 Å². The van der Waals surface area contributed by atoms with E-state index in [0.29, 0.717) is 29.2 Å². The normalized spacial score (nSPS) is 18.0. The predicted molar refractivity (Wildman–Crippen MR) is 104 cm³/mol. The van der Waals surface area contributed by atoms with Gasteiger partial charge in [-0.2, -0.15) is 0 Å². The second-order valence-corrected chi connectivity index (χ2v) is 5.84. The van der Waals surface area contributed by atoms with E-state index >= 15 is 0 Å². The first-order valence-corrected chi connectivity index (χ1v) is 8.36. The second kappa shape index (κ2) is 9.53. The molecule has 0 fully saturated rings. The van der Waals surface area contributed by atoms with Crippen LogP contribution in [-0.2, 0) is 14.2 Å². The molecule has 1 aromatic rings. The van der Waals surface area contributed by atoms with E-state index in [-0.39, 0.29) is 18.0 Å². The van der Waals surface area contributed by atoms with Crippen molar-refractivity contribution < 1.29 is 24.3 Å². The molecule has 0 bridgehead atoms. The summed E-state index contributed by atoms with van der Waals surface area (Å²) < 4.78 is 16.1. The van der Waals surface area contributed by atoms with Crippen molar-refractivity contribution in [3.05, 3.63) is 53.1 Å². The number of nitrogens with zero attached hydrogens (tertiary/aromatic N) is 2. The summed E-state index contributed by atoms with van der Waals surface area (Å²) in [6, 6.07) is 6.60. The topological polar surface area (TPSA) is 164 Å². The third kappa shape index (κ3) is 5.32. The number of aliphatic imine (C=N–C) groups is 2. The minimum absolute atomic E-state index is 0.0140. The number of ether oxygens (including phenoxy) is 3. The van der Waals surface area contributed by atoms with E-state index < -0.39 is 5.91 Å². The predicted octanol–water partition coefficient (Wildman–Crippen LogP) is -0.583. The Balaban J connectivity index is 2.14. The van der Waals surface area contributed by atoms with Crippen molar-refractivity contribution in [1.82, 2.24) is 0 Å². The molecular formula is C18H25N6O4+. The summed E-state index contributed by atoms with van der Waals surface area (Å²) in [5.74, 6) is 0.733. The van der Waals surface area contributed by atoms with Gasteiger partial charge in [0.2, 0.25) is 11.9 Å². The van der Waals surface area contributed by atoms with Crippen LogP contribution in [0.2, 0.25) is 0 Å². The Morgan fingerprint density at radius 2 is 1.79 bits per heavy atom. The first-order valence-electron chi connectivity index (χ1n) is 8.36. The van der Waals surface area contributed by atoms with Crippen LogP contribution in [0.5, 0.6) is 0 Å². The number of hydrogen-bond acceptors (Lipinski definition) is 5. The number of rotatable bonds is 6. The van der Waals surface area contributed by atoms with Crippen LogP contribution in [-0.4, -0.2) is 45.3 Å². The van der Waals surface area contributed by atoms with Crippen LogP contribution in [0.25, 0.3) is 0 Å². The zero-order valence-electron chi connectivity index (χ0n) is 16.0. The van der Waals surface area contributed by atoms with E-state index in [0.717, 1.165) is 5.69 Å². The van der Waals surface area contributed by atoms with Gasteiger partial charge in [-0.15, -0.1) is 4.99 Å². The molecule has 1 aliphatic carbocycles. The van der Waals surface area contributed by atoms with Crippen LogP contribution in [0.15, 0.2) is 57.5 Å². The summed E-state index contributed by atoms with van der Waals surface area (Å²) in [6.07, 6.45) is 1.81. The quantitative estimate of drug-likeness (QED) is 0.289. The van der Waals surface area contributed by atoms with E-state index in [4.69, 9.17) is 31.4 Å². The molecule has 28 heavy (non-hydrogen) atoms. The average Bonchev–Trinajstić information content (AvgIpc) is 2.67. The molecule has 0 heterocycles. The molecular weight excluding hydrogens is 364 g/mol. The zero-order chi connectivity index (χ0) is 20.7. The van der Waals surface area contributed by atoms with Crippen molar-refractivity contribution in [2.75, 3.05) is 21.3 Å². The van der Waals surface area contributed by atoms with Crippen LogP contribution in [0.4, 0.5) is 5.69 Å². The first-order chi connectivity index (χ1) is 13.4. The maximum absolute atomic E-state index is 11.1. The number of carbonyl (C=O) groups is 1. The molecule has 0 aromatic heterocycles. The van der Waals surface area contributed by atoms with Crippen molar-refractivity contribution in [3.8, 4) is 0 Å². The number of carbonyl (C=O) groups excluding carboxylic acids is 1. The SMILES string of the molecule is COC1=C(OC)C(OC)CC(N=C(N)N=C(N)[NH2+]c2ccc(C(N)=O)cc2)=C1. The van der Waals surface area contributed by atoms with E-state index in [9.17, 15) is 4.79 Å². The van der Waals surface area contributed by atoms with Gasteiger partial charge in [-0.05, 0) is 12.1 Å². The third-order valence-electron chi connectivity index (χ3n) is 3.96. The highest BCUT2D eigenvalue weighted by molar-refractivity contribution is 5.93. The van der Waals surface area contributed by atoms with Gasteiger partial charge in [0.15, 0.2) is 11.5 Å². The van der Waals surface area contributed by atoms with Gasteiger partial charge in [-0.25, -0.2) is 10.3 Å². The van der Waals surface area contributed by atoms with Gasteiger partial charge in [-0.3, -0.25) is 4.79 Å². The highest BCUT2D eigenvalue weighted by Crippen LogP contribution is 2.28. The van der Waals surface area contributed by atoms with Crippen molar-refractivity contribution in [2.24, 2.45) is 27.2 Å². The van der Waals surface area contributed by atoms with Gasteiger partial charge < -0.3 is 31.4 Å². The molecule has 2 rings (SSSR count). The fourth-order valence-electron chi connectivity index (χ4n) is 2.63. The van der Waals surface area contributed by atoms with Crippen molar-refractivity contribution in [2.45, 2.75) is 12.5 Å². The van der Waals surface area contributed by atoms with E-state index in [1.807, 2.05) is 0 Å². The number of primary amides is 1. The van der Waals surface area contributed by atoms with E-state index in [2.05, 4.69) is 9.98 Å². The molecule has 1 unspecified atom stereocenters. The van der Waals surface area contributed by atoms with E-state index in [1.165, 1.54) is 7.11 Å². The molecule has 0 saturated carbocycles.